The first-order chi connectivity index (χ1) is 10.1. The van der Waals surface area contributed by atoms with Crippen LogP contribution in [0.5, 0.6) is 6.01 Å². The molecule has 0 saturated carbocycles. The standard InChI is InChI=1S/C14H20ClN3O3/c1-10-7-18(8-14(21-10)4-3-5-20-9-14)12-11(15)6-16-13(17-12)19-2/h6,10H,3-5,7-9H2,1-2H3/t10-,14-/m0/s1. The lowest BCUT2D eigenvalue weighted by molar-refractivity contribution is -0.160. The van der Waals surface area contributed by atoms with Gasteiger partial charge in [-0.1, -0.05) is 11.6 Å². The minimum absolute atomic E-state index is 0.0949. The van der Waals surface area contributed by atoms with E-state index in [0.717, 1.165) is 32.5 Å². The highest BCUT2D eigenvalue weighted by Gasteiger charge is 2.42. The number of ether oxygens (including phenoxy) is 3. The van der Waals surface area contributed by atoms with E-state index in [0.29, 0.717) is 23.5 Å². The van der Waals surface area contributed by atoms with Crippen LogP contribution in [-0.4, -0.2) is 55.1 Å². The van der Waals surface area contributed by atoms with Gasteiger partial charge in [0.05, 0.1) is 32.6 Å². The van der Waals surface area contributed by atoms with E-state index in [1.807, 2.05) is 0 Å². The summed E-state index contributed by atoms with van der Waals surface area (Å²) in [5.41, 5.74) is -0.266. The second-order valence-corrected chi connectivity index (χ2v) is 6.08. The fraction of sp³-hybridized carbons (Fsp3) is 0.714. The molecule has 2 fully saturated rings. The smallest absolute Gasteiger partial charge is 0.318 e. The van der Waals surface area contributed by atoms with Crippen LogP contribution >= 0.6 is 11.6 Å². The number of hydrogen-bond acceptors (Lipinski definition) is 6. The Hall–Kier alpha value is -1.11. The molecule has 0 radical (unpaired) electrons. The Morgan fingerprint density at radius 1 is 1.52 bits per heavy atom. The maximum absolute atomic E-state index is 6.27. The van der Waals surface area contributed by atoms with E-state index in [2.05, 4.69) is 21.8 Å². The zero-order valence-corrected chi connectivity index (χ0v) is 13.1. The summed E-state index contributed by atoms with van der Waals surface area (Å²) in [6, 6.07) is 0.322. The van der Waals surface area contributed by atoms with Gasteiger partial charge < -0.3 is 19.1 Å². The topological polar surface area (TPSA) is 56.7 Å². The molecular formula is C14H20ClN3O3. The average Bonchev–Trinajstić information content (AvgIpc) is 2.47. The molecule has 7 heteroatoms. The van der Waals surface area contributed by atoms with E-state index in [4.69, 9.17) is 25.8 Å². The molecule has 1 aromatic heterocycles. The third-order valence-corrected chi connectivity index (χ3v) is 4.15. The highest BCUT2D eigenvalue weighted by atomic mass is 35.5. The van der Waals surface area contributed by atoms with E-state index in [-0.39, 0.29) is 11.7 Å². The Bertz CT molecular complexity index is 508. The van der Waals surface area contributed by atoms with Crippen LogP contribution in [0.4, 0.5) is 5.82 Å². The minimum Gasteiger partial charge on any atom is -0.467 e. The van der Waals surface area contributed by atoms with Crippen molar-refractivity contribution in [3.05, 3.63) is 11.2 Å². The normalized spacial score (nSPS) is 29.7. The van der Waals surface area contributed by atoms with E-state index in [9.17, 15) is 0 Å². The maximum Gasteiger partial charge on any atom is 0.318 e. The Morgan fingerprint density at radius 2 is 2.38 bits per heavy atom. The third-order valence-electron chi connectivity index (χ3n) is 3.88. The van der Waals surface area contributed by atoms with Crippen molar-refractivity contribution >= 4 is 17.4 Å². The zero-order valence-electron chi connectivity index (χ0n) is 12.3. The van der Waals surface area contributed by atoms with Crippen molar-refractivity contribution in [3.8, 4) is 6.01 Å². The van der Waals surface area contributed by atoms with Gasteiger partial charge in [0.25, 0.3) is 0 Å². The fourth-order valence-corrected chi connectivity index (χ4v) is 3.30. The van der Waals surface area contributed by atoms with Gasteiger partial charge in [-0.3, -0.25) is 0 Å². The number of anilines is 1. The molecule has 0 aromatic carbocycles. The number of morpholine rings is 1. The number of aromatic nitrogens is 2. The maximum atomic E-state index is 6.27. The van der Waals surface area contributed by atoms with Crippen LogP contribution in [0.15, 0.2) is 6.20 Å². The quantitative estimate of drug-likeness (QED) is 0.831. The van der Waals surface area contributed by atoms with Crippen molar-refractivity contribution in [3.63, 3.8) is 0 Å². The number of hydrogen-bond donors (Lipinski definition) is 0. The van der Waals surface area contributed by atoms with Crippen LogP contribution in [0.1, 0.15) is 19.8 Å². The van der Waals surface area contributed by atoms with Gasteiger partial charge in [-0.2, -0.15) is 4.98 Å². The Balaban J connectivity index is 1.87. The molecule has 1 aromatic rings. The second-order valence-electron chi connectivity index (χ2n) is 5.68. The van der Waals surface area contributed by atoms with Crippen molar-refractivity contribution in [2.75, 3.05) is 38.3 Å². The minimum atomic E-state index is -0.266. The monoisotopic (exact) mass is 313 g/mol. The predicted octanol–water partition coefficient (Wildman–Crippen LogP) is 1.91. The second kappa shape index (κ2) is 5.94. The summed E-state index contributed by atoms with van der Waals surface area (Å²) in [5, 5.41) is 0.525. The Morgan fingerprint density at radius 3 is 3.10 bits per heavy atom. The SMILES string of the molecule is COc1ncc(Cl)c(N2C[C@H](C)O[C@@]3(CCCOC3)C2)n1. The molecule has 0 bridgehead atoms. The number of nitrogens with zero attached hydrogens (tertiary/aromatic N) is 3. The molecule has 3 heterocycles. The van der Waals surface area contributed by atoms with E-state index in [1.165, 1.54) is 0 Å². The average molecular weight is 314 g/mol. The van der Waals surface area contributed by atoms with Gasteiger partial charge in [-0.05, 0) is 19.8 Å². The molecule has 3 rings (SSSR count). The summed E-state index contributed by atoms with van der Waals surface area (Å²) >= 11 is 6.27. The van der Waals surface area contributed by atoms with Crippen molar-refractivity contribution in [1.82, 2.24) is 9.97 Å². The molecule has 21 heavy (non-hydrogen) atoms. The predicted molar refractivity (Wildman–Crippen MR) is 79.1 cm³/mol. The van der Waals surface area contributed by atoms with Gasteiger partial charge in [0.2, 0.25) is 0 Å². The van der Waals surface area contributed by atoms with Crippen LogP contribution in [-0.2, 0) is 9.47 Å². The largest absolute Gasteiger partial charge is 0.467 e. The Labute approximate surface area is 129 Å². The molecule has 0 unspecified atom stereocenters. The van der Waals surface area contributed by atoms with Gasteiger partial charge in [0.1, 0.15) is 10.6 Å². The van der Waals surface area contributed by atoms with Gasteiger partial charge in [0.15, 0.2) is 5.82 Å². The summed E-state index contributed by atoms with van der Waals surface area (Å²) in [7, 11) is 1.55. The molecule has 2 atom stereocenters. The number of rotatable bonds is 2. The van der Waals surface area contributed by atoms with Crippen LogP contribution in [0.25, 0.3) is 0 Å². The van der Waals surface area contributed by atoms with Crippen LogP contribution in [0.2, 0.25) is 5.02 Å². The van der Waals surface area contributed by atoms with Crippen LogP contribution < -0.4 is 9.64 Å². The molecule has 0 aliphatic carbocycles. The van der Waals surface area contributed by atoms with Crippen molar-refractivity contribution < 1.29 is 14.2 Å². The third kappa shape index (κ3) is 3.07. The molecule has 2 saturated heterocycles. The van der Waals surface area contributed by atoms with Gasteiger partial charge in [0, 0.05) is 13.2 Å². The lowest BCUT2D eigenvalue weighted by Crippen LogP contribution is -2.59. The lowest BCUT2D eigenvalue weighted by atomic mass is 9.93. The molecule has 6 nitrogen and oxygen atoms in total. The Kier molecular flexibility index (Phi) is 4.19. The van der Waals surface area contributed by atoms with Crippen LogP contribution in [0.3, 0.4) is 0 Å². The van der Waals surface area contributed by atoms with Crippen LogP contribution in [0, 0.1) is 0 Å². The fourth-order valence-electron chi connectivity index (χ4n) is 3.09. The summed E-state index contributed by atoms with van der Waals surface area (Å²) < 4.78 is 16.9. The molecule has 0 amide bonds. The summed E-state index contributed by atoms with van der Waals surface area (Å²) in [6.45, 7) is 4.95. The highest BCUT2D eigenvalue weighted by molar-refractivity contribution is 6.32. The molecule has 2 aliphatic heterocycles. The first-order valence-corrected chi connectivity index (χ1v) is 7.57. The molecule has 2 aliphatic rings. The lowest BCUT2D eigenvalue weighted by Gasteiger charge is -2.47. The van der Waals surface area contributed by atoms with Crippen molar-refractivity contribution in [2.45, 2.75) is 31.5 Å². The van der Waals surface area contributed by atoms with Gasteiger partial charge in [-0.25, -0.2) is 4.98 Å². The molecule has 1 spiro atoms. The number of methoxy groups -OCH3 is 1. The van der Waals surface area contributed by atoms with E-state index < -0.39 is 0 Å². The molecular weight excluding hydrogens is 294 g/mol. The zero-order chi connectivity index (χ0) is 14.9. The molecule has 0 N–H and O–H groups in total. The van der Waals surface area contributed by atoms with E-state index >= 15 is 0 Å². The summed E-state index contributed by atoms with van der Waals surface area (Å²) in [6.07, 6.45) is 3.68. The van der Waals surface area contributed by atoms with Crippen molar-refractivity contribution in [1.29, 1.82) is 0 Å². The highest BCUT2D eigenvalue weighted by Crippen LogP contribution is 2.34. The van der Waals surface area contributed by atoms with E-state index in [1.54, 1.807) is 13.3 Å². The molecule has 116 valence electrons. The summed E-state index contributed by atoms with van der Waals surface area (Å²) in [4.78, 5) is 10.6. The van der Waals surface area contributed by atoms with Gasteiger partial charge >= 0.3 is 6.01 Å². The number of halogens is 1. The van der Waals surface area contributed by atoms with Crippen molar-refractivity contribution in [2.24, 2.45) is 0 Å². The first-order valence-electron chi connectivity index (χ1n) is 7.19. The first kappa shape index (κ1) is 14.8. The van der Waals surface area contributed by atoms with Gasteiger partial charge in [-0.15, -0.1) is 0 Å². The summed E-state index contributed by atoms with van der Waals surface area (Å²) in [5.74, 6) is 0.698.